The smallest absolute Gasteiger partial charge is 0.416 e. The van der Waals surface area contributed by atoms with Gasteiger partial charge in [0.05, 0.1) is 35.1 Å². The molecule has 0 unspecified atom stereocenters. The van der Waals surface area contributed by atoms with Crippen molar-refractivity contribution < 1.29 is 32.6 Å². The van der Waals surface area contributed by atoms with Crippen molar-refractivity contribution in [1.29, 1.82) is 0 Å². The lowest BCUT2D eigenvalue weighted by Crippen LogP contribution is -2.31. The fraction of sp³-hybridized carbons (Fsp3) is 0.519. The standard InChI is InChI=1S/C27H30F3NO4/c1-4-35-25(34)21-20-18(13-26(2,3)14-19(20)32)31-23(15-7-5-6-8-15)22(21)24(33)16-9-11-17(12-10-16)27(28,29)30/h9-12,15,19,32H,4-8,13-14H2,1-3H3/t19-/m0/s1. The highest BCUT2D eigenvalue weighted by atomic mass is 19.4. The van der Waals surface area contributed by atoms with Crippen LogP contribution in [0.15, 0.2) is 24.3 Å². The van der Waals surface area contributed by atoms with E-state index in [4.69, 9.17) is 9.72 Å². The van der Waals surface area contributed by atoms with Crippen molar-refractivity contribution in [3.63, 3.8) is 0 Å². The number of alkyl halides is 3. The summed E-state index contributed by atoms with van der Waals surface area (Å²) in [6.07, 6.45) is -1.12. The molecule has 1 saturated carbocycles. The van der Waals surface area contributed by atoms with Crippen LogP contribution in [-0.2, 0) is 17.3 Å². The zero-order valence-corrected chi connectivity index (χ0v) is 20.2. The van der Waals surface area contributed by atoms with E-state index < -0.39 is 29.6 Å². The molecule has 4 rings (SSSR count). The van der Waals surface area contributed by atoms with Gasteiger partial charge in [-0.25, -0.2) is 4.79 Å². The number of ketones is 1. The van der Waals surface area contributed by atoms with Crippen LogP contribution in [0.1, 0.15) is 114 Å². The molecule has 1 heterocycles. The van der Waals surface area contributed by atoms with Crippen LogP contribution in [0.5, 0.6) is 0 Å². The first-order valence-electron chi connectivity index (χ1n) is 12.1. The SMILES string of the molecule is CCOC(=O)c1c(C(=O)c2ccc(C(F)(F)F)cc2)c(C2CCCC2)nc2c1[C@@H](O)CC(C)(C)C2. The molecule has 2 aliphatic rings. The molecule has 2 aliphatic carbocycles. The van der Waals surface area contributed by atoms with Gasteiger partial charge in [0.15, 0.2) is 5.78 Å². The molecule has 5 nitrogen and oxygen atoms in total. The monoisotopic (exact) mass is 489 g/mol. The maximum absolute atomic E-state index is 13.8. The molecule has 1 N–H and O–H groups in total. The summed E-state index contributed by atoms with van der Waals surface area (Å²) in [4.78, 5) is 32.0. The Labute approximate surface area is 202 Å². The predicted octanol–water partition coefficient (Wildman–Crippen LogP) is 6.17. The van der Waals surface area contributed by atoms with Gasteiger partial charge in [-0.2, -0.15) is 13.2 Å². The molecule has 1 fully saturated rings. The minimum atomic E-state index is -4.53. The van der Waals surface area contributed by atoms with E-state index in [1.54, 1.807) is 6.92 Å². The maximum atomic E-state index is 13.8. The fourth-order valence-corrected chi connectivity index (χ4v) is 5.41. The molecule has 8 heteroatoms. The first-order valence-corrected chi connectivity index (χ1v) is 12.1. The van der Waals surface area contributed by atoms with E-state index in [1.807, 2.05) is 13.8 Å². The fourth-order valence-electron chi connectivity index (χ4n) is 5.41. The molecule has 0 saturated heterocycles. The molecule has 35 heavy (non-hydrogen) atoms. The predicted molar refractivity (Wildman–Crippen MR) is 123 cm³/mol. The number of hydrogen-bond acceptors (Lipinski definition) is 5. The van der Waals surface area contributed by atoms with Crippen molar-refractivity contribution in [1.82, 2.24) is 4.98 Å². The molecule has 0 bridgehead atoms. The number of aliphatic hydroxyl groups excluding tert-OH is 1. The third kappa shape index (κ3) is 4.99. The number of pyridine rings is 1. The summed E-state index contributed by atoms with van der Waals surface area (Å²) in [5.41, 5.74) is 0.338. The molecule has 1 atom stereocenters. The summed E-state index contributed by atoms with van der Waals surface area (Å²) in [6, 6.07) is 3.96. The second-order valence-electron chi connectivity index (χ2n) is 10.3. The van der Waals surface area contributed by atoms with Crippen LogP contribution >= 0.6 is 0 Å². The Bertz CT molecular complexity index is 1130. The third-order valence-electron chi connectivity index (χ3n) is 6.99. The van der Waals surface area contributed by atoms with Crippen LogP contribution in [0.4, 0.5) is 13.2 Å². The molecule has 1 aromatic carbocycles. The molecule has 0 radical (unpaired) electrons. The summed E-state index contributed by atoms with van der Waals surface area (Å²) in [7, 11) is 0. The summed E-state index contributed by atoms with van der Waals surface area (Å²) in [5.74, 6) is -1.36. The van der Waals surface area contributed by atoms with E-state index in [0.29, 0.717) is 29.8 Å². The number of carbonyl (C=O) groups excluding carboxylic acids is 2. The zero-order valence-electron chi connectivity index (χ0n) is 20.2. The summed E-state index contributed by atoms with van der Waals surface area (Å²) >= 11 is 0. The van der Waals surface area contributed by atoms with Gasteiger partial charge in [0.2, 0.25) is 0 Å². The van der Waals surface area contributed by atoms with Crippen LogP contribution in [0, 0.1) is 5.41 Å². The number of benzene rings is 1. The molecule has 188 valence electrons. The molecule has 0 aliphatic heterocycles. The summed E-state index contributed by atoms with van der Waals surface area (Å²) in [5, 5.41) is 11.1. The normalized spacial score (nSPS) is 19.9. The van der Waals surface area contributed by atoms with Gasteiger partial charge in [0.25, 0.3) is 0 Å². The summed E-state index contributed by atoms with van der Waals surface area (Å²) < 4.78 is 44.6. The van der Waals surface area contributed by atoms with Crippen LogP contribution in [0.25, 0.3) is 0 Å². The Kier molecular flexibility index (Phi) is 6.79. The van der Waals surface area contributed by atoms with Gasteiger partial charge in [-0.1, -0.05) is 38.8 Å². The Balaban J connectivity index is 1.96. The Morgan fingerprint density at radius 1 is 1.11 bits per heavy atom. The van der Waals surface area contributed by atoms with Crippen molar-refractivity contribution in [2.75, 3.05) is 6.61 Å². The van der Waals surface area contributed by atoms with Crippen molar-refractivity contribution in [3.8, 4) is 0 Å². The average molecular weight is 490 g/mol. The van der Waals surface area contributed by atoms with Crippen LogP contribution < -0.4 is 0 Å². The number of halogens is 3. The van der Waals surface area contributed by atoms with Crippen molar-refractivity contribution in [2.45, 2.75) is 77.5 Å². The number of rotatable bonds is 5. The quantitative estimate of drug-likeness (QED) is 0.401. The van der Waals surface area contributed by atoms with Crippen LogP contribution in [0.2, 0.25) is 0 Å². The maximum Gasteiger partial charge on any atom is 0.416 e. The van der Waals surface area contributed by atoms with E-state index in [1.165, 1.54) is 0 Å². The molecular formula is C27H30F3NO4. The highest BCUT2D eigenvalue weighted by Gasteiger charge is 2.41. The second-order valence-corrected chi connectivity index (χ2v) is 10.3. The topological polar surface area (TPSA) is 76.5 Å². The van der Waals surface area contributed by atoms with Gasteiger partial charge in [0, 0.05) is 22.7 Å². The lowest BCUT2D eigenvalue weighted by Gasteiger charge is -2.36. The van der Waals surface area contributed by atoms with E-state index >= 15 is 0 Å². The first-order chi connectivity index (χ1) is 16.4. The number of aromatic nitrogens is 1. The van der Waals surface area contributed by atoms with Crippen LogP contribution in [-0.4, -0.2) is 28.4 Å². The number of esters is 1. The molecule has 1 aromatic heterocycles. The number of aliphatic hydroxyl groups is 1. The van der Waals surface area contributed by atoms with Gasteiger partial charge in [-0.3, -0.25) is 9.78 Å². The Morgan fingerprint density at radius 2 is 1.74 bits per heavy atom. The molecule has 2 aromatic rings. The second kappa shape index (κ2) is 9.37. The van der Waals surface area contributed by atoms with E-state index in [2.05, 4.69) is 0 Å². The van der Waals surface area contributed by atoms with Gasteiger partial charge < -0.3 is 9.84 Å². The van der Waals surface area contributed by atoms with Crippen molar-refractivity contribution >= 4 is 11.8 Å². The van der Waals surface area contributed by atoms with E-state index in [0.717, 1.165) is 49.9 Å². The van der Waals surface area contributed by atoms with Gasteiger partial charge in [-0.05, 0) is 50.2 Å². The van der Waals surface area contributed by atoms with E-state index in [9.17, 15) is 27.9 Å². The largest absolute Gasteiger partial charge is 0.462 e. The van der Waals surface area contributed by atoms with Gasteiger partial charge >= 0.3 is 12.1 Å². The van der Waals surface area contributed by atoms with Crippen molar-refractivity contribution in [2.24, 2.45) is 5.41 Å². The van der Waals surface area contributed by atoms with E-state index in [-0.39, 0.29) is 34.6 Å². The first kappa shape index (κ1) is 25.4. The highest BCUT2D eigenvalue weighted by molar-refractivity contribution is 6.16. The number of nitrogens with zero attached hydrogens (tertiary/aromatic N) is 1. The Hall–Kier alpha value is -2.74. The lowest BCUT2D eigenvalue weighted by molar-refractivity contribution is -0.137. The number of hydrogen-bond donors (Lipinski definition) is 1. The number of fused-ring (bicyclic) bond motifs is 1. The minimum absolute atomic E-state index is 0.00616. The number of carbonyl (C=O) groups is 2. The molecule has 0 spiro atoms. The third-order valence-corrected chi connectivity index (χ3v) is 6.99. The minimum Gasteiger partial charge on any atom is -0.462 e. The Morgan fingerprint density at radius 3 is 2.31 bits per heavy atom. The highest BCUT2D eigenvalue weighted by Crippen LogP contribution is 2.45. The molecular weight excluding hydrogens is 459 g/mol. The summed E-state index contributed by atoms with van der Waals surface area (Å²) in [6.45, 7) is 5.76. The van der Waals surface area contributed by atoms with Gasteiger partial charge in [0.1, 0.15) is 0 Å². The number of ether oxygens (including phenoxy) is 1. The lowest BCUT2D eigenvalue weighted by atomic mass is 9.72. The average Bonchev–Trinajstić information content (AvgIpc) is 3.31. The van der Waals surface area contributed by atoms with Crippen molar-refractivity contribution in [3.05, 3.63) is 63.5 Å². The molecule has 0 amide bonds. The van der Waals surface area contributed by atoms with Crippen LogP contribution in [0.3, 0.4) is 0 Å². The van der Waals surface area contributed by atoms with Gasteiger partial charge in [-0.15, -0.1) is 0 Å². The zero-order chi connectivity index (χ0) is 25.5.